The van der Waals surface area contributed by atoms with Gasteiger partial charge >= 0.3 is 0 Å². The SMILES string of the molecule is Cc1nnc(CCc2cccc(N)c2)n1C1CC1. The van der Waals surface area contributed by atoms with E-state index in [0.29, 0.717) is 6.04 Å². The number of anilines is 1. The molecule has 18 heavy (non-hydrogen) atoms. The van der Waals surface area contributed by atoms with Gasteiger partial charge in [0.2, 0.25) is 0 Å². The minimum absolute atomic E-state index is 0.649. The molecule has 3 rings (SSSR count). The van der Waals surface area contributed by atoms with Crippen molar-refractivity contribution >= 4 is 5.69 Å². The maximum atomic E-state index is 5.79. The Balaban J connectivity index is 1.73. The second-order valence-electron chi connectivity index (χ2n) is 5.01. The van der Waals surface area contributed by atoms with Gasteiger partial charge in [-0.25, -0.2) is 0 Å². The van der Waals surface area contributed by atoms with Gasteiger partial charge < -0.3 is 10.3 Å². The van der Waals surface area contributed by atoms with E-state index in [1.165, 1.54) is 18.4 Å². The Morgan fingerprint density at radius 3 is 2.83 bits per heavy atom. The third-order valence-corrected chi connectivity index (χ3v) is 3.44. The van der Waals surface area contributed by atoms with Crippen LogP contribution in [0.3, 0.4) is 0 Å². The van der Waals surface area contributed by atoms with Crippen molar-refractivity contribution in [3.8, 4) is 0 Å². The predicted molar refractivity (Wildman–Crippen MR) is 71.3 cm³/mol. The molecule has 94 valence electrons. The molecule has 1 saturated carbocycles. The number of nitrogens with two attached hydrogens (primary N) is 1. The highest BCUT2D eigenvalue weighted by molar-refractivity contribution is 5.40. The van der Waals surface area contributed by atoms with E-state index in [0.717, 1.165) is 30.2 Å². The molecule has 0 aliphatic heterocycles. The number of benzene rings is 1. The minimum Gasteiger partial charge on any atom is -0.399 e. The Morgan fingerprint density at radius 1 is 1.28 bits per heavy atom. The molecular formula is C14H18N4. The summed E-state index contributed by atoms with van der Waals surface area (Å²) < 4.78 is 2.30. The second-order valence-corrected chi connectivity index (χ2v) is 5.01. The minimum atomic E-state index is 0.649. The van der Waals surface area contributed by atoms with Gasteiger partial charge in [-0.3, -0.25) is 0 Å². The van der Waals surface area contributed by atoms with Gasteiger partial charge in [-0.2, -0.15) is 0 Å². The topological polar surface area (TPSA) is 56.7 Å². The lowest BCUT2D eigenvalue weighted by Crippen LogP contribution is -2.05. The predicted octanol–water partition coefficient (Wildman–Crippen LogP) is 2.29. The third-order valence-electron chi connectivity index (χ3n) is 3.44. The summed E-state index contributed by atoms with van der Waals surface area (Å²) in [5, 5.41) is 8.49. The van der Waals surface area contributed by atoms with Gasteiger partial charge in [-0.1, -0.05) is 12.1 Å². The zero-order valence-corrected chi connectivity index (χ0v) is 10.6. The van der Waals surface area contributed by atoms with Gasteiger partial charge in [0.15, 0.2) is 0 Å². The number of aryl methyl sites for hydroxylation is 3. The lowest BCUT2D eigenvalue weighted by atomic mass is 10.1. The maximum Gasteiger partial charge on any atom is 0.133 e. The molecule has 0 atom stereocenters. The summed E-state index contributed by atoms with van der Waals surface area (Å²) in [6.07, 6.45) is 4.44. The number of hydrogen-bond donors (Lipinski definition) is 1. The Bertz CT molecular complexity index is 555. The standard InChI is InChI=1S/C14H18N4/c1-10-16-17-14(18(10)13-6-7-13)8-5-11-3-2-4-12(15)9-11/h2-4,9,13H,5-8,15H2,1H3. The molecule has 0 bridgehead atoms. The van der Waals surface area contributed by atoms with Crippen molar-refractivity contribution in [2.45, 2.75) is 38.6 Å². The highest BCUT2D eigenvalue weighted by Crippen LogP contribution is 2.36. The van der Waals surface area contributed by atoms with Crippen LogP contribution in [0.15, 0.2) is 24.3 Å². The highest BCUT2D eigenvalue weighted by Gasteiger charge is 2.27. The summed E-state index contributed by atoms with van der Waals surface area (Å²) in [4.78, 5) is 0. The molecule has 1 aliphatic rings. The van der Waals surface area contributed by atoms with Gasteiger partial charge in [0.1, 0.15) is 11.6 Å². The van der Waals surface area contributed by atoms with E-state index in [1.54, 1.807) is 0 Å². The van der Waals surface area contributed by atoms with E-state index in [2.05, 4.69) is 20.8 Å². The van der Waals surface area contributed by atoms with E-state index in [4.69, 9.17) is 5.73 Å². The first-order chi connectivity index (χ1) is 8.74. The number of aromatic nitrogens is 3. The van der Waals surface area contributed by atoms with E-state index in [1.807, 2.05) is 25.1 Å². The molecular weight excluding hydrogens is 224 g/mol. The Hall–Kier alpha value is -1.84. The summed E-state index contributed by atoms with van der Waals surface area (Å²) in [7, 11) is 0. The quantitative estimate of drug-likeness (QED) is 0.837. The zero-order chi connectivity index (χ0) is 12.5. The summed E-state index contributed by atoms with van der Waals surface area (Å²) in [6, 6.07) is 8.71. The van der Waals surface area contributed by atoms with Crippen molar-refractivity contribution in [1.29, 1.82) is 0 Å². The molecule has 1 aromatic heterocycles. The Labute approximate surface area is 107 Å². The van der Waals surface area contributed by atoms with Crippen LogP contribution in [-0.2, 0) is 12.8 Å². The maximum absolute atomic E-state index is 5.79. The van der Waals surface area contributed by atoms with Crippen molar-refractivity contribution in [2.24, 2.45) is 0 Å². The van der Waals surface area contributed by atoms with Gasteiger partial charge in [0, 0.05) is 18.2 Å². The zero-order valence-electron chi connectivity index (χ0n) is 10.6. The highest BCUT2D eigenvalue weighted by atomic mass is 15.3. The number of rotatable bonds is 4. The summed E-state index contributed by atoms with van der Waals surface area (Å²) in [5.74, 6) is 2.15. The monoisotopic (exact) mass is 242 g/mol. The molecule has 4 heteroatoms. The van der Waals surface area contributed by atoms with E-state index >= 15 is 0 Å². The Morgan fingerprint density at radius 2 is 2.11 bits per heavy atom. The molecule has 0 saturated heterocycles. The van der Waals surface area contributed by atoms with Crippen LogP contribution in [0.1, 0.15) is 36.1 Å². The van der Waals surface area contributed by atoms with Crippen molar-refractivity contribution in [1.82, 2.24) is 14.8 Å². The molecule has 1 aromatic carbocycles. The van der Waals surface area contributed by atoms with Gasteiger partial charge in [-0.05, 0) is 43.9 Å². The number of hydrogen-bond acceptors (Lipinski definition) is 3. The lowest BCUT2D eigenvalue weighted by molar-refractivity contribution is 0.656. The van der Waals surface area contributed by atoms with E-state index < -0.39 is 0 Å². The summed E-state index contributed by atoms with van der Waals surface area (Å²) >= 11 is 0. The fraction of sp³-hybridized carbons (Fsp3) is 0.429. The fourth-order valence-electron chi connectivity index (χ4n) is 2.40. The lowest BCUT2D eigenvalue weighted by Gasteiger charge is -2.07. The Kier molecular flexibility index (Phi) is 2.78. The van der Waals surface area contributed by atoms with Gasteiger partial charge in [0.05, 0.1) is 0 Å². The molecule has 0 amide bonds. The third kappa shape index (κ3) is 2.23. The largest absolute Gasteiger partial charge is 0.399 e. The van der Waals surface area contributed by atoms with Gasteiger partial charge in [-0.15, -0.1) is 10.2 Å². The first-order valence-corrected chi connectivity index (χ1v) is 6.49. The van der Waals surface area contributed by atoms with Crippen molar-refractivity contribution in [3.63, 3.8) is 0 Å². The first kappa shape index (κ1) is 11.3. The molecule has 1 aliphatic carbocycles. The van der Waals surface area contributed by atoms with Crippen molar-refractivity contribution in [3.05, 3.63) is 41.5 Å². The molecule has 0 radical (unpaired) electrons. The van der Waals surface area contributed by atoms with Crippen molar-refractivity contribution < 1.29 is 0 Å². The van der Waals surface area contributed by atoms with Crippen LogP contribution in [0.5, 0.6) is 0 Å². The van der Waals surface area contributed by atoms with E-state index in [9.17, 15) is 0 Å². The van der Waals surface area contributed by atoms with Crippen LogP contribution < -0.4 is 5.73 Å². The summed E-state index contributed by atoms with van der Waals surface area (Å²) in [6.45, 7) is 2.04. The number of nitrogen functional groups attached to an aromatic ring is 1. The van der Waals surface area contributed by atoms with E-state index in [-0.39, 0.29) is 0 Å². The van der Waals surface area contributed by atoms with Crippen LogP contribution in [0, 0.1) is 6.92 Å². The molecule has 4 nitrogen and oxygen atoms in total. The van der Waals surface area contributed by atoms with Crippen LogP contribution in [0.25, 0.3) is 0 Å². The van der Waals surface area contributed by atoms with Crippen molar-refractivity contribution in [2.75, 3.05) is 5.73 Å². The fourth-order valence-corrected chi connectivity index (χ4v) is 2.40. The van der Waals surface area contributed by atoms with Crippen LogP contribution in [0.2, 0.25) is 0 Å². The molecule has 1 fully saturated rings. The molecule has 0 unspecified atom stereocenters. The summed E-state index contributed by atoms with van der Waals surface area (Å²) in [5.41, 5.74) is 7.87. The number of nitrogens with zero attached hydrogens (tertiary/aromatic N) is 3. The van der Waals surface area contributed by atoms with Gasteiger partial charge in [0.25, 0.3) is 0 Å². The van der Waals surface area contributed by atoms with Crippen LogP contribution in [0.4, 0.5) is 5.69 Å². The first-order valence-electron chi connectivity index (χ1n) is 6.49. The normalized spacial score (nSPS) is 14.9. The molecule has 2 N–H and O–H groups in total. The molecule has 0 spiro atoms. The molecule has 2 aromatic rings. The molecule has 1 heterocycles. The average Bonchev–Trinajstić information content (AvgIpc) is 3.11. The van der Waals surface area contributed by atoms with Crippen LogP contribution in [-0.4, -0.2) is 14.8 Å². The average molecular weight is 242 g/mol. The second kappa shape index (κ2) is 4.44. The van der Waals surface area contributed by atoms with Crippen LogP contribution >= 0.6 is 0 Å². The smallest absolute Gasteiger partial charge is 0.133 e.